The van der Waals surface area contributed by atoms with E-state index in [9.17, 15) is 4.79 Å². The lowest BCUT2D eigenvalue weighted by Crippen LogP contribution is -2.30. The number of aromatic nitrogens is 1. The highest BCUT2D eigenvalue weighted by atomic mass is 32.1. The lowest BCUT2D eigenvalue weighted by Gasteiger charge is -2.20. The van der Waals surface area contributed by atoms with Gasteiger partial charge in [-0.2, -0.15) is 0 Å². The van der Waals surface area contributed by atoms with Gasteiger partial charge in [0.25, 0.3) is 5.91 Å². The Morgan fingerprint density at radius 2 is 1.95 bits per heavy atom. The van der Waals surface area contributed by atoms with Crippen molar-refractivity contribution in [3.63, 3.8) is 0 Å². The third-order valence-electron chi connectivity index (χ3n) is 3.10. The molecule has 0 spiro atoms. The Morgan fingerprint density at radius 3 is 2.48 bits per heavy atom. The SMILES string of the molecule is CCN(Cc1ccccc1)C(=O)c1sc(N(C)C)nc1N. The van der Waals surface area contributed by atoms with E-state index in [1.54, 1.807) is 4.90 Å². The van der Waals surface area contributed by atoms with Gasteiger partial charge < -0.3 is 15.5 Å². The quantitative estimate of drug-likeness (QED) is 0.921. The van der Waals surface area contributed by atoms with Gasteiger partial charge in [-0.15, -0.1) is 0 Å². The zero-order valence-electron chi connectivity index (χ0n) is 12.5. The molecule has 0 aliphatic heterocycles. The molecule has 0 saturated carbocycles. The van der Waals surface area contributed by atoms with Crippen LogP contribution in [0.2, 0.25) is 0 Å². The summed E-state index contributed by atoms with van der Waals surface area (Å²) in [5.41, 5.74) is 6.99. The number of carbonyl (C=O) groups excluding carboxylic acids is 1. The molecule has 0 saturated heterocycles. The maximum atomic E-state index is 12.6. The van der Waals surface area contributed by atoms with Gasteiger partial charge in [0.05, 0.1) is 0 Å². The molecule has 1 amide bonds. The van der Waals surface area contributed by atoms with Crippen molar-refractivity contribution in [2.75, 3.05) is 31.3 Å². The maximum Gasteiger partial charge on any atom is 0.268 e. The van der Waals surface area contributed by atoms with E-state index < -0.39 is 0 Å². The summed E-state index contributed by atoms with van der Waals surface area (Å²) < 4.78 is 0. The summed E-state index contributed by atoms with van der Waals surface area (Å²) >= 11 is 1.33. The number of anilines is 2. The van der Waals surface area contributed by atoms with E-state index in [1.165, 1.54) is 11.3 Å². The molecule has 21 heavy (non-hydrogen) atoms. The van der Waals surface area contributed by atoms with Gasteiger partial charge in [0.15, 0.2) is 5.13 Å². The fourth-order valence-corrected chi connectivity index (χ4v) is 2.82. The van der Waals surface area contributed by atoms with Gasteiger partial charge in [0.1, 0.15) is 10.7 Å². The molecule has 0 radical (unpaired) electrons. The number of nitrogens with zero attached hydrogens (tertiary/aromatic N) is 3. The van der Waals surface area contributed by atoms with Gasteiger partial charge in [-0.25, -0.2) is 4.98 Å². The fourth-order valence-electron chi connectivity index (χ4n) is 1.94. The number of rotatable bonds is 5. The predicted molar refractivity (Wildman–Crippen MR) is 87.7 cm³/mol. The number of benzene rings is 1. The lowest BCUT2D eigenvalue weighted by atomic mass is 10.2. The molecular formula is C15H20N4OS. The van der Waals surface area contributed by atoms with Crippen LogP contribution in [0.5, 0.6) is 0 Å². The van der Waals surface area contributed by atoms with Gasteiger partial charge in [0, 0.05) is 27.2 Å². The van der Waals surface area contributed by atoms with Gasteiger partial charge in [-0.1, -0.05) is 41.7 Å². The standard InChI is InChI=1S/C15H20N4OS/c1-4-19(10-11-8-6-5-7-9-11)14(20)12-13(16)17-15(21-12)18(2)3/h5-9H,4,10,16H2,1-3H3. The molecule has 0 unspecified atom stereocenters. The lowest BCUT2D eigenvalue weighted by molar-refractivity contribution is 0.0758. The molecule has 2 N–H and O–H groups in total. The highest BCUT2D eigenvalue weighted by molar-refractivity contribution is 7.18. The van der Waals surface area contributed by atoms with E-state index in [0.29, 0.717) is 23.8 Å². The average molecular weight is 304 g/mol. The summed E-state index contributed by atoms with van der Waals surface area (Å²) in [6.45, 7) is 3.16. The second-order valence-corrected chi connectivity index (χ2v) is 5.89. The fraction of sp³-hybridized carbons (Fsp3) is 0.333. The molecule has 0 atom stereocenters. The van der Waals surface area contributed by atoms with Crippen LogP contribution in [0.15, 0.2) is 30.3 Å². The van der Waals surface area contributed by atoms with Gasteiger partial charge in [-0.05, 0) is 12.5 Å². The molecule has 0 aliphatic carbocycles. The summed E-state index contributed by atoms with van der Waals surface area (Å²) in [7, 11) is 3.77. The minimum absolute atomic E-state index is 0.0653. The first-order chi connectivity index (χ1) is 10.0. The van der Waals surface area contributed by atoms with Crippen LogP contribution in [0.1, 0.15) is 22.2 Å². The molecule has 6 heteroatoms. The second kappa shape index (κ2) is 6.58. The van der Waals surface area contributed by atoms with Crippen molar-refractivity contribution in [3.05, 3.63) is 40.8 Å². The molecule has 1 aromatic heterocycles. The van der Waals surface area contributed by atoms with Crippen LogP contribution in [-0.2, 0) is 6.54 Å². The highest BCUT2D eigenvalue weighted by Crippen LogP contribution is 2.28. The second-order valence-electron chi connectivity index (χ2n) is 4.91. The van der Waals surface area contributed by atoms with Crippen molar-refractivity contribution >= 4 is 28.2 Å². The van der Waals surface area contributed by atoms with Crippen LogP contribution in [0.3, 0.4) is 0 Å². The van der Waals surface area contributed by atoms with Crippen LogP contribution < -0.4 is 10.6 Å². The summed E-state index contributed by atoms with van der Waals surface area (Å²) in [6.07, 6.45) is 0. The Hall–Kier alpha value is -2.08. The number of thiazole rings is 1. The Kier molecular flexibility index (Phi) is 4.80. The van der Waals surface area contributed by atoms with Crippen molar-refractivity contribution in [1.29, 1.82) is 0 Å². The van der Waals surface area contributed by atoms with Gasteiger partial charge in [-0.3, -0.25) is 4.79 Å². The van der Waals surface area contributed by atoms with E-state index in [-0.39, 0.29) is 5.91 Å². The number of nitrogen functional groups attached to an aromatic ring is 1. The Morgan fingerprint density at radius 1 is 1.29 bits per heavy atom. The van der Waals surface area contributed by atoms with Crippen molar-refractivity contribution < 1.29 is 4.79 Å². The molecule has 1 heterocycles. The summed E-state index contributed by atoms with van der Waals surface area (Å²) in [6, 6.07) is 9.93. The molecule has 112 valence electrons. The molecule has 0 aliphatic rings. The van der Waals surface area contributed by atoms with E-state index in [2.05, 4.69) is 4.98 Å². The number of nitrogens with two attached hydrogens (primary N) is 1. The van der Waals surface area contributed by atoms with Crippen molar-refractivity contribution in [2.24, 2.45) is 0 Å². The minimum atomic E-state index is -0.0653. The van der Waals surface area contributed by atoms with Gasteiger partial charge >= 0.3 is 0 Å². The number of hydrogen-bond donors (Lipinski definition) is 1. The molecule has 0 bridgehead atoms. The molecule has 5 nitrogen and oxygen atoms in total. The van der Waals surface area contributed by atoms with E-state index in [0.717, 1.165) is 10.7 Å². The molecule has 2 rings (SSSR count). The smallest absolute Gasteiger partial charge is 0.268 e. The van der Waals surface area contributed by atoms with Crippen molar-refractivity contribution in [3.8, 4) is 0 Å². The predicted octanol–water partition coefficient (Wildman–Crippen LogP) is 2.45. The van der Waals surface area contributed by atoms with Gasteiger partial charge in [0.2, 0.25) is 0 Å². The zero-order chi connectivity index (χ0) is 15.4. The third-order valence-corrected chi connectivity index (χ3v) is 4.33. The number of amides is 1. The highest BCUT2D eigenvalue weighted by Gasteiger charge is 2.22. The number of hydrogen-bond acceptors (Lipinski definition) is 5. The minimum Gasteiger partial charge on any atom is -0.382 e. The first-order valence-electron chi connectivity index (χ1n) is 6.79. The van der Waals surface area contributed by atoms with Crippen molar-refractivity contribution in [1.82, 2.24) is 9.88 Å². The molecule has 0 fully saturated rings. The largest absolute Gasteiger partial charge is 0.382 e. The zero-order valence-corrected chi connectivity index (χ0v) is 13.4. The van der Waals surface area contributed by atoms with E-state index in [1.807, 2.05) is 56.3 Å². The van der Waals surface area contributed by atoms with Crippen LogP contribution >= 0.6 is 11.3 Å². The first-order valence-corrected chi connectivity index (χ1v) is 7.61. The average Bonchev–Trinajstić information content (AvgIpc) is 2.87. The maximum absolute atomic E-state index is 12.6. The van der Waals surface area contributed by atoms with Crippen LogP contribution in [0.4, 0.5) is 10.9 Å². The van der Waals surface area contributed by atoms with E-state index >= 15 is 0 Å². The number of carbonyl (C=O) groups is 1. The van der Waals surface area contributed by atoms with Crippen LogP contribution in [0.25, 0.3) is 0 Å². The topological polar surface area (TPSA) is 62.5 Å². The molecule has 1 aromatic carbocycles. The summed E-state index contributed by atoms with van der Waals surface area (Å²) in [5, 5.41) is 0.742. The van der Waals surface area contributed by atoms with Crippen molar-refractivity contribution in [2.45, 2.75) is 13.5 Å². The first kappa shape index (κ1) is 15.3. The molecule has 2 aromatic rings. The summed E-state index contributed by atoms with van der Waals surface area (Å²) in [5.74, 6) is 0.240. The normalized spacial score (nSPS) is 10.4. The Labute approximate surface area is 129 Å². The molecular weight excluding hydrogens is 284 g/mol. The van der Waals surface area contributed by atoms with E-state index in [4.69, 9.17) is 5.73 Å². The third kappa shape index (κ3) is 3.52. The van der Waals surface area contributed by atoms with Crippen LogP contribution in [-0.4, -0.2) is 36.4 Å². The Bertz CT molecular complexity index is 609. The summed E-state index contributed by atoms with van der Waals surface area (Å²) in [4.78, 5) is 21.0. The Balaban J connectivity index is 2.20. The van der Waals surface area contributed by atoms with Crippen LogP contribution in [0, 0.1) is 0 Å². The monoisotopic (exact) mass is 304 g/mol.